The number of carbonyl (C=O) groups excluding carboxylic acids is 1. The van der Waals surface area contributed by atoms with Gasteiger partial charge in [-0.1, -0.05) is 30.3 Å². The van der Waals surface area contributed by atoms with Crippen molar-refractivity contribution in [3.05, 3.63) is 113 Å². The van der Waals surface area contributed by atoms with Crippen LogP contribution in [-0.4, -0.2) is 41.3 Å². The van der Waals surface area contributed by atoms with E-state index in [2.05, 4.69) is 4.98 Å². The Kier molecular flexibility index (Phi) is 8.12. The van der Waals surface area contributed by atoms with Crippen molar-refractivity contribution in [2.75, 3.05) is 20.8 Å². The van der Waals surface area contributed by atoms with Gasteiger partial charge in [0.25, 0.3) is 0 Å². The monoisotopic (exact) mass is 543 g/mol. The number of carbonyl (C=O) groups is 1. The molecule has 40 heavy (non-hydrogen) atoms. The molecule has 0 atom stereocenters. The zero-order chi connectivity index (χ0) is 28.1. The average Bonchev–Trinajstić information content (AvgIpc) is 3.32. The van der Waals surface area contributed by atoms with E-state index < -0.39 is 11.8 Å². The second-order valence-electron chi connectivity index (χ2n) is 9.13. The van der Waals surface area contributed by atoms with Crippen molar-refractivity contribution in [2.45, 2.75) is 19.6 Å². The number of rotatable bonds is 10. The van der Waals surface area contributed by atoms with E-state index in [1.807, 2.05) is 10.6 Å². The minimum Gasteiger partial charge on any atom is -0.473 e. The van der Waals surface area contributed by atoms with Gasteiger partial charge in [0.2, 0.25) is 5.88 Å². The van der Waals surface area contributed by atoms with Crippen LogP contribution in [0, 0.1) is 11.6 Å². The second kappa shape index (κ2) is 12.0. The molecule has 2 heterocycles. The molecule has 0 unspecified atom stereocenters. The van der Waals surface area contributed by atoms with Crippen LogP contribution in [-0.2, 0) is 29.0 Å². The minimum absolute atomic E-state index is 0.231. The third-order valence-corrected chi connectivity index (χ3v) is 6.49. The smallest absolute Gasteiger partial charge is 0.337 e. The van der Waals surface area contributed by atoms with Crippen molar-refractivity contribution >= 4 is 17.0 Å². The molecule has 9 heteroatoms. The van der Waals surface area contributed by atoms with Crippen molar-refractivity contribution in [3.8, 4) is 17.1 Å². The van der Waals surface area contributed by atoms with Crippen LogP contribution in [0.5, 0.6) is 5.88 Å². The fourth-order valence-corrected chi connectivity index (χ4v) is 4.40. The molecule has 0 aliphatic carbocycles. The van der Waals surface area contributed by atoms with E-state index in [0.717, 1.165) is 11.1 Å². The van der Waals surface area contributed by atoms with Crippen molar-refractivity contribution in [2.24, 2.45) is 0 Å². The Morgan fingerprint density at radius 2 is 1.75 bits per heavy atom. The molecule has 0 amide bonds. The Labute approximate surface area is 230 Å². The summed E-state index contributed by atoms with van der Waals surface area (Å²) in [5.74, 6) is -0.116. The normalized spacial score (nSPS) is 11.1. The van der Waals surface area contributed by atoms with Crippen molar-refractivity contribution < 1.29 is 27.8 Å². The van der Waals surface area contributed by atoms with E-state index in [1.54, 1.807) is 61.7 Å². The molecule has 5 aromatic rings. The number of benzene rings is 3. The lowest BCUT2D eigenvalue weighted by Crippen LogP contribution is -2.10. The van der Waals surface area contributed by atoms with Gasteiger partial charge in [0, 0.05) is 31.7 Å². The Hall–Kier alpha value is -4.63. The van der Waals surface area contributed by atoms with E-state index in [9.17, 15) is 9.18 Å². The van der Waals surface area contributed by atoms with E-state index in [-0.39, 0.29) is 18.8 Å². The summed E-state index contributed by atoms with van der Waals surface area (Å²) in [5, 5.41) is 0. The summed E-state index contributed by atoms with van der Waals surface area (Å²) in [7, 11) is 2.94. The maximum absolute atomic E-state index is 15.4. The van der Waals surface area contributed by atoms with Gasteiger partial charge in [0.1, 0.15) is 24.1 Å². The number of pyridine rings is 1. The zero-order valence-corrected chi connectivity index (χ0v) is 22.1. The SMILES string of the molecule is COCCn1c(Cc2ccc(-c3cccc(OCc4ccc(F)cc4)n3)cc2F)nc2ccc(C(=O)OC)cc21. The molecule has 0 N–H and O–H groups in total. The maximum Gasteiger partial charge on any atom is 0.337 e. The van der Waals surface area contributed by atoms with Crippen LogP contribution in [0.25, 0.3) is 22.3 Å². The zero-order valence-electron chi connectivity index (χ0n) is 22.1. The summed E-state index contributed by atoms with van der Waals surface area (Å²) in [4.78, 5) is 21.3. The first-order valence-electron chi connectivity index (χ1n) is 12.6. The predicted molar refractivity (Wildman–Crippen MR) is 146 cm³/mol. The quantitative estimate of drug-likeness (QED) is 0.202. The third-order valence-electron chi connectivity index (χ3n) is 6.49. The first-order valence-corrected chi connectivity index (χ1v) is 12.6. The molecule has 0 spiro atoms. The van der Waals surface area contributed by atoms with Gasteiger partial charge < -0.3 is 18.8 Å². The maximum atomic E-state index is 15.4. The number of esters is 1. The highest BCUT2D eigenvalue weighted by Crippen LogP contribution is 2.26. The highest BCUT2D eigenvalue weighted by Gasteiger charge is 2.16. The summed E-state index contributed by atoms with van der Waals surface area (Å²) in [6.45, 7) is 1.14. The fraction of sp³-hybridized carbons (Fsp3) is 0.194. The first kappa shape index (κ1) is 27.0. The van der Waals surface area contributed by atoms with E-state index in [0.29, 0.717) is 52.8 Å². The molecular weight excluding hydrogens is 516 g/mol. The van der Waals surface area contributed by atoms with Gasteiger partial charge in [-0.2, -0.15) is 0 Å². The van der Waals surface area contributed by atoms with Crippen molar-refractivity contribution in [1.29, 1.82) is 0 Å². The fourth-order valence-electron chi connectivity index (χ4n) is 4.40. The van der Waals surface area contributed by atoms with Crippen LogP contribution in [0.3, 0.4) is 0 Å². The number of hydrogen-bond acceptors (Lipinski definition) is 6. The average molecular weight is 544 g/mol. The first-order chi connectivity index (χ1) is 19.4. The largest absolute Gasteiger partial charge is 0.473 e. The molecule has 5 rings (SSSR count). The van der Waals surface area contributed by atoms with Gasteiger partial charge in [0.05, 0.1) is 36.0 Å². The van der Waals surface area contributed by atoms with Gasteiger partial charge in [0.15, 0.2) is 0 Å². The number of ether oxygens (including phenoxy) is 3. The summed E-state index contributed by atoms with van der Waals surface area (Å²) in [5.41, 5.74) is 4.28. The number of nitrogens with zero attached hydrogens (tertiary/aromatic N) is 3. The highest BCUT2D eigenvalue weighted by atomic mass is 19.1. The summed E-state index contributed by atoms with van der Waals surface area (Å²) < 4.78 is 46.3. The van der Waals surface area contributed by atoms with Crippen LogP contribution in [0.4, 0.5) is 8.78 Å². The summed E-state index contributed by atoms with van der Waals surface area (Å²) in [6.07, 6.45) is 0.242. The molecule has 3 aromatic carbocycles. The Morgan fingerprint density at radius 3 is 2.50 bits per heavy atom. The molecule has 0 fully saturated rings. The third kappa shape index (κ3) is 6.00. The second-order valence-corrected chi connectivity index (χ2v) is 9.13. The molecule has 0 aliphatic rings. The number of imidazole rings is 1. The molecule has 7 nitrogen and oxygen atoms in total. The number of fused-ring (bicyclic) bond motifs is 1. The molecule has 0 radical (unpaired) electrons. The van der Waals surface area contributed by atoms with E-state index in [1.165, 1.54) is 25.3 Å². The molecular formula is C31H27F2N3O4. The lowest BCUT2D eigenvalue weighted by Gasteiger charge is -2.11. The van der Waals surface area contributed by atoms with Crippen LogP contribution in [0.2, 0.25) is 0 Å². The van der Waals surface area contributed by atoms with Crippen LogP contribution < -0.4 is 4.74 Å². The van der Waals surface area contributed by atoms with Gasteiger partial charge in [-0.25, -0.2) is 23.5 Å². The van der Waals surface area contributed by atoms with Gasteiger partial charge >= 0.3 is 5.97 Å². The Balaban J connectivity index is 1.37. The predicted octanol–water partition coefficient (Wildman–Crippen LogP) is 5.98. The number of aromatic nitrogens is 3. The molecule has 0 aliphatic heterocycles. The Bertz CT molecular complexity index is 1650. The number of methoxy groups -OCH3 is 2. The number of hydrogen-bond donors (Lipinski definition) is 0. The standard InChI is InChI=1S/C31H27F2N3O4/c1-38-15-14-36-28-17-23(31(37)39-2)10-13-27(28)34-29(36)18-21-8-9-22(16-25(21)33)26-4-3-5-30(35-26)40-19-20-6-11-24(32)12-7-20/h3-13,16-17H,14-15,18-19H2,1-2H3. The lowest BCUT2D eigenvalue weighted by atomic mass is 10.1. The van der Waals surface area contributed by atoms with Gasteiger partial charge in [-0.15, -0.1) is 0 Å². The van der Waals surface area contributed by atoms with E-state index in [4.69, 9.17) is 19.2 Å². The molecule has 0 saturated heterocycles. The Morgan fingerprint density at radius 1 is 0.925 bits per heavy atom. The van der Waals surface area contributed by atoms with Gasteiger partial charge in [-0.3, -0.25) is 0 Å². The summed E-state index contributed by atoms with van der Waals surface area (Å²) >= 11 is 0. The number of halogens is 2. The summed E-state index contributed by atoms with van der Waals surface area (Å²) in [6, 6.07) is 21.4. The van der Waals surface area contributed by atoms with Crippen LogP contribution >= 0.6 is 0 Å². The molecule has 204 valence electrons. The molecule has 0 bridgehead atoms. The van der Waals surface area contributed by atoms with Gasteiger partial charge in [-0.05, 0) is 53.6 Å². The molecule has 0 saturated carbocycles. The van der Waals surface area contributed by atoms with Crippen LogP contribution in [0.15, 0.2) is 78.9 Å². The van der Waals surface area contributed by atoms with Crippen LogP contribution in [0.1, 0.15) is 27.3 Å². The van der Waals surface area contributed by atoms with E-state index >= 15 is 4.39 Å². The lowest BCUT2D eigenvalue weighted by molar-refractivity contribution is 0.0601. The van der Waals surface area contributed by atoms with Crippen molar-refractivity contribution in [3.63, 3.8) is 0 Å². The minimum atomic E-state index is -0.442. The topological polar surface area (TPSA) is 75.5 Å². The van der Waals surface area contributed by atoms with Crippen molar-refractivity contribution in [1.82, 2.24) is 14.5 Å². The highest BCUT2D eigenvalue weighted by molar-refractivity contribution is 5.93. The molecule has 2 aromatic heterocycles.